The topological polar surface area (TPSA) is 66.4 Å². The molecule has 2 N–H and O–H groups in total. The predicted octanol–water partition coefficient (Wildman–Crippen LogP) is 2.82. The van der Waals surface area contributed by atoms with E-state index in [1.54, 1.807) is 0 Å². The Hall–Kier alpha value is -1.06. The van der Waals surface area contributed by atoms with Gasteiger partial charge in [0.25, 0.3) is 0 Å². The smallest absolute Gasteiger partial charge is 0.307 e. The van der Waals surface area contributed by atoms with Crippen LogP contribution in [-0.2, 0) is 9.59 Å². The summed E-state index contributed by atoms with van der Waals surface area (Å²) < 4.78 is 0. The molecule has 114 valence electrons. The van der Waals surface area contributed by atoms with Crippen molar-refractivity contribution < 1.29 is 14.7 Å². The molecule has 2 rings (SSSR count). The van der Waals surface area contributed by atoms with Gasteiger partial charge in [0.05, 0.1) is 11.8 Å². The van der Waals surface area contributed by atoms with Crippen LogP contribution < -0.4 is 5.32 Å². The van der Waals surface area contributed by atoms with Crippen LogP contribution in [0.1, 0.15) is 58.8 Å². The van der Waals surface area contributed by atoms with Crippen LogP contribution in [0.2, 0.25) is 0 Å². The summed E-state index contributed by atoms with van der Waals surface area (Å²) in [5, 5.41) is 12.3. The molecule has 0 saturated heterocycles. The highest BCUT2D eigenvalue weighted by Crippen LogP contribution is 2.41. The van der Waals surface area contributed by atoms with Crippen molar-refractivity contribution >= 4 is 11.9 Å². The highest BCUT2D eigenvalue weighted by molar-refractivity contribution is 5.85. The van der Waals surface area contributed by atoms with Gasteiger partial charge in [-0.2, -0.15) is 0 Å². The van der Waals surface area contributed by atoms with E-state index in [1.165, 1.54) is 25.7 Å². The lowest BCUT2D eigenvalue weighted by molar-refractivity contribution is -0.146. The molecule has 3 unspecified atom stereocenters. The van der Waals surface area contributed by atoms with Gasteiger partial charge in [0.2, 0.25) is 5.91 Å². The average molecular weight is 281 g/mol. The second-order valence-electron chi connectivity index (χ2n) is 6.91. The normalized spacial score (nSPS) is 32.2. The second kappa shape index (κ2) is 6.15. The Balaban J connectivity index is 1.92. The number of amides is 1. The first kappa shape index (κ1) is 15.3. The van der Waals surface area contributed by atoms with Crippen molar-refractivity contribution in [2.24, 2.45) is 23.2 Å². The van der Waals surface area contributed by atoms with E-state index >= 15 is 0 Å². The molecule has 1 amide bonds. The predicted molar refractivity (Wildman–Crippen MR) is 77.2 cm³/mol. The van der Waals surface area contributed by atoms with Crippen LogP contribution in [0.3, 0.4) is 0 Å². The molecular formula is C16H27NO3. The standard InChI is InChI=1S/C16H27NO3/c1-3-16(6-4-5-7-16)10-17-14(18)12-8-11(2)9-13(12)15(19)20/h11-13H,3-10H2,1-2H3,(H,17,18)(H,19,20). The van der Waals surface area contributed by atoms with Gasteiger partial charge in [-0.15, -0.1) is 0 Å². The molecule has 20 heavy (non-hydrogen) atoms. The van der Waals surface area contributed by atoms with Crippen molar-refractivity contribution in [3.05, 3.63) is 0 Å². The Morgan fingerprint density at radius 3 is 2.35 bits per heavy atom. The maximum absolute atomic E-state index is 12.3. The van der Waals surface area contributed by atoms with Crippen molar-refractivity contribution in [1.82, 2.24) is 5.32 Å². The zero-order valence-corrected chi connectivity index (χ0v) is 12.7. The Bertz CT molecular complexity index is 374. The van der Waals surface area contributed by atoms with E-state index in [9.17, 15) is 14.7 Å². The van der Waals surface area contributed by atoms with Crippen LogP contribution >= 0.6 is 0 Å². The lowest BCUT2D eigenvalue weighted by atomic mass is 9.83. The SMILES string of the molecule is CCC1(CNC(=O)C2CC(C)CC2C(=O)O)CCCC1. The highest BCUT2D eigenvalue weighted by Gasteiger charge is 2.42. The summed E-state index contributed by atoms with van der Waals surface area (Å²) in [6.07, 6.45) is 7.31. The van der Waals surface area contributed by atoms with Crippen molar-refractivity contribution in [2.75, 3.05) is 6.54 Å². The van der Waals surface area contributed by atoms with Crippen molar-refractivity contribution in [3.63, 3.8) is 0 Å². The van der Waals surface area contributed by atoms with Gasteiger partial charge in [0, 0.05) is 6.54 Å². The van der Waals surface area contributed by atoms with E-state index in [4.69, 9.17) is 0 Å². The molecule has 2 aliphatic rings. The number of aliphatic carboxylic acids is 1. The third-order valence-electron chi connectivity index (χ3n) is 5.50. The summed E-state index contributed by atoms with van der Waals surface area (Å²) in [4.78, 5) is 23.6. The van der Waals surface area contributed by atoms with E-state index in [0.717, 1.165) is 13.0 Å². The van der Waals surface area contributed by atoms with E-state index in [-0.39, 0.29) is 17.2 Å². The summed E-state index contributed by atoms with van der Waals surface area (Å²) in [6.45, 7) is 4.95. The zero-order chi connectivity index (χ0) is 14.8. The quantitative estimate of drug-likeness (QED) is 0.814. The van der Waals surface area contributed by atoms with Gasteiger partial charge in [0.15, 0.2) is 0 Å². The summed E-state index contributed by atoms with van der Waals surface area (Å²) >= 11 is 0. The molecule has 4 nitrogen and oxygen atoms in total. The van der Waals surface area contributed by atoms with Gasteiger partial charge in [-0.05, 0) is 43.4 Å². The molecule has 0 aromatic heterocycles. The molecule has 4 heteroatoms. The third kappa shape index (κ3) is 3.15. The van der Waals surface area contributed by atoms with Gasteiger partial charge in [-0.1, -0.05) is 26.7 Å². The summed E-state index contributed by atoms with van der Waals surface area (Å²) in [5.74, 6) is -1.36. The molecule has 0 bridgehead atoms. The van der Waals surface area contributed by atoms with Crippen LogP contribution in [0.5, 0.6) is 0 Å². The third-order valence-corrected chi connectivity index (χ3v) is 5.50. The summed E-state index contributed by atoms with van der Waals surface area (Å²) in [5.41, 5.74) is 0.263. The molecule has 0 heterocycles. The van der Waals surface area contributed by atoms with Crippen LogP contribution in [0.25, 0.3) is 0 Å². The van der Waals surface area contributed by atoms with Crippen molar-refractivity contribution in [1.29, 1.82) is 0 Å². The number of carboxylic acid groups (broad SMARTS) is 1. The van der Waals surface area contributed by atoms with Crippen LogP contribution in [0.4, 0.5) is 0 Å². The number of hydrogen-bond donors (Lipinski definition) is 2. The molecule has 0 aliphatic heterocycles. The number of carbonyl (C=O) groups excluding carboxylic acids is 1. The van der Waals surface area contributed by atoms with Gasteiger partial charge >= 0.3 is 5.97 Å². The summed E-state index contributed by atoms with van der Waals surface area (Å²) in [7, 11) is 0. The number of carboxylic acids is 1. The largest absolute Gasteiger partial charge is 0.481 e. The van der Waals surface area contributed by atoms with Crippen molar-refractivity contribution in [3.8, 4) is 0 Å². The molecule has 3 atom stereocenters. The van der Waals surface area contributed by atoms with Gasteiger partial charge in [0.1, 0.15) is 0 Å². The fraction of sp³-hybridized carbons (Fsp3) is 0.875. The first-order valence-electron chi connectivity index (χ1n) is 7.98. The fourth-order valence-corrected chi connectivity index (χ4v) is 4.04. The minimum Gasteiger partial charge on any atom is -0.481 e. The maximum Gasteiger partial charge on any atom is 0.307 e. The molecule has 2 saturated carbocycles. The number of hydrogen-bond acceptors (Lipinski definition) is 2. The van der Waals surface area contributed by atoms with Crippen molar-refractivity contribution in [2.45, 2.75) is 58.8 Å². The zero-order valence-electron chi connectivity index (χ0n) is 12.7. The molecule has 0 radical (unpaired) electrons. The Morgan fingerprint density at radius 2 is 1.80 bits per heavy atom. The number of nitrogens with one attached hydrogen (secondary N) is 1. The Kier molecular flexibility index (Phi) is 4.71. The second-order valence-corrected chi connectivity index (χ2v) is 6.91. The van der Waals surface area contributed by atoms with Crippen LogP contribution in [-0.4, -0.2) is 23.5 Å². The van der Waals surface area contributed by atoms with E-state index in [2.05, 4.69) is 12.2 Å². The summed E-state index contributed by atoms with van der Waals surface area (Å²) in [6, 6.07) is 0. The molecule has 2 fully saturated rings. The lowest BCUT2D eigenvalue weighted by Crippen LogP contribution is -2.41. The number of carbonyl (C=O) groups is 2. The first-order chi connectivity index (χ1) is 9.47. The minimum atomic E-state index is -0.819. The Morgan fingerprint density at radius 1 is 1.20 bits per heavy atom. The average Bonchev–Trinajstić information content (AvgIpc) is 3.03. The van der Waals surface area contributed by atoms with Gasteiger partial charge in [-0.3, -0.25) is 9.59 Å². The van der Waals surface area contributed by atoms with Gasteiger partial charge < -0.3 is 10.4 Å². The van der Waals surface area contributed by atoms with E-state index in [0.29, 0.717) is 18.8 Å². The van der Waals surface area contributed by atoms with Gasteiger partial charge in [-0.25, -0.2) is 0 Å². The molecular weight excluding hydrogens is 254 g/mol. The van der Waals surface area contributed by atoms with Crippen LogP contribution in [0.15, 0.2) is 0 Å². The fourth-order valence-electron chi connectivity index (χ4n) is 4.04. The highest BCUT2D eigenvalue weighted by atomic mass is 16.4. The Labute approximate surface area is 121 Å². The molecule has 0 aromatic carbocycles. The van der Waals surface area contributed by atoms with E-state index in [1.807, 2.05) is 6.92 Å². The first-order valence-corrected chi connectivity index (χ1v) is 7.98. The molecule has 2 aliphatic carbocycles. The molecule has 0 spiro atoms. The number of rotatable bonds is 5. The van der Waals surface area contributed by atoms with Crippen LogP contribution in [0, 0.1) is 23.2 Å². The lowest BCUT2D eigenvalue weighted by Gasteiger charge is -2.28. The van der Waals surface area contributed by atoms with E-state index < -0.39 is 11.9 Å². The molecule has 0 aromatic rings. The maximum atomic E-state index is 12.3. The minimum absolute atomic E-state index is 0.0403. The monoisotopic (exact) mass is 281 g/mol.